The molecule has 0 bridgehead atoms. The third-order valence-corrected chi connectivity index (χ3v) is 4.09. The smallest absolute Gasteiger partial charge is 0.0898 e. The van der Waals surface area contributed by atoms with Gasteiger partial charge in [-0.25, -0.2) is 0 Å². The van der Waals surface area contributed by atoms with Crippen molar-refractivity contribution in [3.63, 3.8) is 0 Å². The molecule has 3 nitrogen and oxygen atoms in total. The predicted octanol–water partition coefficient (Wildman–Crippen LogP) is 4.13. The molecule has 0 aromatic heterocycles. The van der Waals surface area contributed by atoms with Crippen LogP contribution in [0.2, 0.25) is 5.02 Å². The van der Waals surface area contributed by atoms with Crippen LogP contribution >= 0.6 is 11.6 Å². The highest BCUT2D eigenvalue weighted by molar-refractivity contribution is 6.30. The van der Waals surface area contributed by atoms with Crippen molar-refractivity contribution in [2.24, 2.45) is 0 Å². The van der Waals surface area contributed by atoms with E-state index in [-0.39, 0.29) is 12.1 Å². The lowest BCUT2D eigenvalue weighted by Crippen LogP contribution is -2.32. The predicted molar refractivity (Wildman–Crippen MR) is 94.7 cm³/mol. The summed E-state index contributed by atoms with van der Waals surface area (Å²) < 4.78 is 5.74. The average molecular weight is 334 g/mol. The van der Waals surface area contributed by atoms with Gasteiger partial charge in [0.25, 0.3) is 0 Å². The molecule has 2 aromatic carbocycles. The van der Waals surface area contributed by atoms with Gasteiger partial charge < -0.3 is 15.2 Å². The third-order valence-electron chi connectivity index (χ3n) is 3.84. The molecular formula is C19H24ClNO2. The van der Waals surface area contributed by atoms with Crippen molar-refractivity contribution in [3.8, 4) is 0 Å². The summed E-state index contributed by atoms with van der Waals surface area (Å²) in [5.41, 5.74) is 2.25. The summed E-state index contributed by atoms with van der Waals surface area (Å²) in [6.07, 6.45) is -0.574. The number of rotatable bonds is 8. The molecule has 0 aliphatic carbocycles. The largest absolute Gasteiger partial charge is 0.389 e. The molecule has 23 heavy (non-hydrogen) atoms. The molecule has 0 radical (unpaired) electrons. The van der Waals surface area contributed by atoms with Gasteiger partial charge in [-0.15, -0.1) is 0 Å². The Morgan fingerprint density at radius 1 is 1.00 bits per heavy atom. The first-order chi connectivity index (χ1) is 11.1. The number of nitrogens with one attached hydrogen (secondary N) is 1. The molecule has 3 atom stereocenters. The highest BCUT2D eigenvalue weighted by Gasteiger charge is 2.11. The molecule has 0 saturated heterocycles. The molecule has 0 spiro atoms. The molecule has 2 N–H and O–H groups in total. The van der Waals surface area contributed by atoms with Crippen molar-refractivity contribution < 1.29 is 9.84 Å². The number of ether oxygens (including phenoxy) is 1. The fourth-order valence-electron chi connectivity index (χ4n) is 2.32. The van der Waals surface area contributed by atoms with Gasteiger partial charge in [0.2, 0.25) is 0 Å². The second-order valence-corrected chi connectivity index (χ2v) is 6.16. The zero-order valence-corrected chi connectivity index (χ0v) is 14.3. The molecule has 2 aromatic rings. The first kappa shape index (κ1) is 18.0. The molecule has 124 valence electrons. The van der Waals surface area contributed by atoms with Crippen molar-refractivity contribution in [2.45, 2.75) is 32.1 Å². The normalized spacial score (nSPS) is 15.1. The maximum atomic E-state index is 10.1. The number of hydrogen-bond donors (Lipinski definition) is 2. The summed E-state index contributed by atoms with van der Waals surface area (Å²) in [6, 6.07) is 17.9. The first-order valence-electron chi connectivity index (χ1n) is 7.89. The minimum Gasteiger partial charge on any atom is -0.389 e. The first-order valence-corrected chi connectivity index (χ1v) is 8.27. The van der Waals surface area contributed by atoms with Crippen molar-refractivity contribution in [2.75, 3.05) is 13.2 Å². The van der Waals surface area contributed by atoms with Gasteiger partial charge in [-0.2, -0.15) is 0 Å². The maximum Gasteiger partial charge on any atom is 0.0898 e. The van der Waals surface area contributed by atoms with Crippen LogP contribution in [0.15, 0.2) is 54.6 Å². The Labute approximate surface area is 143 Å². The molecule has 3 unspecified atom stereocenters. The summed E-state index contributed by atoms with van der Waals surface area (Å²) in [5, 5.41) is 14.1. The molecule has 0 heterocycles. The molecule has 0 aliphatic rings. The Morgan fingerprint density at radius 2 is 1.65 bits per heavy atom. The van der Waals surface area contributed by atoms with Gasteiger partial charge in [-0.05, 0) is 37.1 Å². The van der Waals surface area contributed by atoms with Crippen molar-refractivity contribution >= 4 is 11.6 Å². The van der Waals surface area contributed by atoms with Crippen molar-refractivity contribution in [3.05, 3.63) is 70.7 Å². The Hall–Kier alpha value is -1.39. The minimum absolute atomic E-state index is 0.0282. The summed E-state index contributed by atoms with van der Waals surface area (Å²) in [6.45, 7) is 4.83. The van der Waals surface area contributed by atoms with E-state index in [2.05, 4.69) is 12.2 Å². The average Bonchev–Trinajstić information content (AvgIpc) is 2.59. The van der Waals surface area contributed by atoms with Crippen LogP contribution in [0.3, 0.4) is 0 Å². The summed E-state index contributed by atoms with van der Waals surface area (Å²) in [7, 11) is 0. The van der Waals surface area contributed by atoms with Crippen LogP contribution < -0.4 is 5.32 Å². The van der Waals surface area contributed by atoms with E-state index in [0.717, 1.165) is 16.1 Å². The van der Waals surface area contributed by atoms with E-state index >= 15 is 0 Å². The van der Waals surface area contributed by atoms with Gasteiger partial charge in [0, 0.05) is 17.6 Å². The van der Waals surface area contributed by atoms with Gasteiger partial charge in [0.15, 0.2) is 0 Å². The van der Waals surface area contributed by atoms with Crippen LogP contribution in [0.5, 0.6) is 0 Å². The van der Waals surface area contributed by atoms with Crippen LogP contribution in [-0.2, 0) is 4.74 Å². The fraction of sp³-hybridized carbons (Fsp3) is 0.368. The van der Waals surface area contributed by atoms with Crippen LogP contribution in [0, 0.1) is 0 Å². The Bertz CT molecular complexity index is 574. The molecule has 0 saturated carbocycles. The lowest BCUT2D eigenvalue weighted by atomic mass is 10.1. The SMILES string of the molecule is CC(NCC(O)COC(C)c1ccccc1)c1ccc(Cl)cc1. The molecule has 0 fully saturated rings. The van der Waals surface area contributed by atoms with E-state index in [9.17, 15) is 5.11 Å². The molecular weight excluding hydrogens is 310 g/mol. The zero-order chi connectivity index (χ0) is 16.7. The summed E-state index contributed by atoms with van der Waals surface area (Å²) in [4.78, 5) is 0. The second kappa shape index (κ2) is 9.04. The maximum absolute atomic E-state index is 10.1. The molecule has 0 aliphatic heterocycles. The van der Waals surface area contributed by atoms with Crippen LogP contribution in [0.1, 0.15) is 37.1 Å². The number of aliphatic hydroxyl groups excluding tert-OH is 1. The van der Waals surface area contributed by atoms with Crippen LogP contribution in [-0.4, -0.2) is 24.4 Å². The van der Waals surface area contributed by atoms with Gasteiger partial charge in [0.1, 0.15) is 0 Å². The van der Waals surface area contributed by atoms with E-state index in [4.69, 9.17) is 16.3 Å². The number of halogens is 1. The second-order valence-electron chi connectivity index (χ2n) is 5.72. The Balaban J connectivity index is 1.72. The fourth-order valence-corrected chi connectivity index (χ4v) is 2.44. The van der Waals surface area contributed by atoms with Crippen molar-refractivity contribution in [1.29, 1.82) is 0 Å². The standard InChI is InChI=1S/C19H24ClNO2/c1-14(16-8-10-18(20)11-9-16)21-12-19(22)13-23-15(2)17-6-4-3-5-7-17/h3-11,14-15,19,21-22H,12-13H2,1-2H3. The molecule has 2 rings (SSSR count). The van der Waals surface area contributed by atoms with E-state index in [1.165, 1.54) is 0 Å². The van der Waals surface area contributed by atoms with Gasteiger partial charge in [0.05, 0.1) is 18.8 Å². The summed E-state index contributed by atoms with van der Waals surface area (Å²) >= 11 is 5.89. The van der Waals surface area contributed by atoms with E-state index < -0.39 is 6.10 Å². The van der Waals surface area contributed by atoms with Gasteiger partial charge in [-0.1, -0.05) is 54.1 Å². The Kier molecular flexibility index (Phi) is 7.06. The summed E-state index contributed by atoms with van der Waals surface area (Å²) in [5.74, 6) is 0. The minimum atomic E-state index is -0.545. The number of aliphatic hydroxyl groups is 1. The quantitative estimate of drug-likeness (QED) is 0.763. The van der Waals surface area contributed by atoms with Gasteiger partial charge >= 0.3 is 0 Å². The monoisotopic (exact) mass is 333 g/mol. The van der Waals surface area contributed by atoms with Crippen LogP contribution in [0.25, 0.3) is 0 Å². The lowest BCUT2D eigenvalue weighted by Gasteiger charge is -2.20. The number of hydrogen-bond acceptors (Lipinski definition) is 3. The van der Waals surface area contributed by atoms with E-state index in [0.29, 0.717) is 13.2 Å². The molecule has 0 amide bonds. The topological polar surface area (TPSA) is 41.5 Å². The highest BCUT2D eigenvalue weighted by atomic mass is 35.5. The van der Waals surface area contributed by atoms with Crippen molar-refractivity contribution in [1.82, 2.24) is 5.32 Å². The van der Waals surface area contributed by atoms with Crippen LogP contribution in [0.4, 0.5) is 0 Å². The number of benzene rings is 2. The lowest BCUT2D eigenvalue weighted by molar-refractivity contribution is -0.00276. The highest BCUT2D eigenvalue weighted by Crippen LogP contribution is 2.17. The van der Waals surface area contributed by atoms with E-state index in [1.54, 1.807) is 0 Å². The Morgan fingerprint density at radius 3 is 2.30 bits per heavy atom. The zero-order valence-electron chi connectivity index (χ0n) is 13.6. The van der Waals surface area contributed by atoms with E-state index in [1.807, 2.05) is 61.5 Å². The molecule has 4 heteroatoms. The third kappa shape index (κ3) is 5.96. The van der Waals surface area contributed by atoms with Gasteiger partial charge in [-0.3, -0.25) is 0 Å².